The number of nitrogens with zero attached hydrogens (tertiary/aromatic N) is 3. The van der Waals surface area contributed by atoms with Gasteiger partial charge in [0.2, 0.25) is 0 Å². The molecular weight excluding hydrogens is 302 g/mol. The summed E-state index contributed by atoms with van der Waals surface area (Å²) in [5, 5.41) is 9.13. The highest BCUT2D eigenvalue weighted by molar-refractivity contribution is 7.20. The number of fused-ring (bicyclic) bond motifs is 1. The highest BCUT2D eigenvalue weighted by Crippen LogP contribution is 2.28. The largest absolute Gasteiger partial charge is 0.459 e. The average Bonchev–Trinajstić information content (AvgIpc) is 2.75. The number of thiophene rings is 1. The van der Waals surface area contributed by atoms with Crippen LogP contribution in [0, 0.1) is 25.2 Å². The Kier molecular flexibility index (Phi) is 4.62. The van der Waals surface area contributed by atoms with E-state index in [1.54, 1.807) is 27.7 Å². The van der Waals surface area contributed by atoms with Gasteiger partial charge in [0.1, 0.15) is 15.5 Å². The first-order chi connectivity index (χ1) is 10.4. The molecule has 0 radical (unpaired) electrons. The fourth-order valence-electron chi connectivity index (χ4n) is 2.21. The minimum Gasteiger partial charge on any atom is -0.459 e. The van der Waals surface area contributed by atoms with E-state index in [1.807, 2.05) is 6.07 Å². The molecular formula is C15H17N3O3S. The maximum absolute atomic E-state index is 12.6. The van der Waals surface area contributed by atoms with Crippen molar-refractivity contribution in [3.63, 3.8) is 0 Å². The van der Waals surface area contributed by atoms with E-state index in [1.165, 1.54) is 15.9 Å². The maximum Gasteiger partial charge on any atom is 0.348 e. The van der Waals surface area contributed by atoms with Gasteiger partial charge in [-0.1, -0.05) is 0 Å². The molecule has 0 atom stereocenters. The van der Waals surface area contributed by atoms with Gasteiger partial charge in [-0.15, -0.1) is 11.3 Å². The molecule has 0 fully saturated rings. The van der Waals surface area contributed by atoms with Gasteiger partial charge in [0.25, 0.3) is 5.56 Å². The molecule has 7 heteroatoms. The Morgan fingerprint density at radius 2 is 2.14 bits per heavy atom. The van der Waals surface area contributed by atoms with E-state index in [4.69, 9.17) is 10.00 Å². The Balaban J connectivity index is 2.61. The van der Waals surface area contributed by atoms with Crippen LogP contribution in [0.15, 0.2) is 4.79 Å². The standard InChI is InChI=1S/C15H17N3O3S/c1-8(2)21-15(20)12-9(3)11-13(22-12)17-10(4)18(14(11)19)7-5-6-16/h8H,5,7H2,1-4H3. The third-order valence-electron chi connectivity index (χ3n) is 3.22. The third kappa shape index (κ3) is 2.88. The predicted molar refractivity (Wildman–Crippen MR) is 84.1 cm³/mol. The molecule has 2 rings (SSSR count). The van der Waals surface area contributed by atoms with E-state index >= 15 is 0 Å². The molecule has 22 heavy (non-hydrogen) atoms. The summed E-state index contributed by atoms with van der Waals surface area (Å²) in [5.74, 6) is 0.105. The van der Waals surface area contributed by atoms with Crippen LogP contribution < -0.4 is 5.56 Å². The molecule has 0 aliphatic carbocycles. The van der Waals surface area contributed by atoms with E-state index in [0.717, 1.165) is 0 Å². The summed E-state index contributed by atoms with van der Waals surface area (Å²) < 4.78 is 6.68. The Labute approximate surface area is 132 Å². The highest BCUT2D eigenvalue weighted by Gasteiger charge is 2.22. The normalized spacial score (nSPS) is 10.9. The summed E-state index contributed by atoms with van der Waals surface area (Å²) in [5.41, 5.74) is 0.379. The molecule has 0 saturated carbocycles. The van der Waals surface area contributed by atoms with Crippen molar-refractivity contribution < 1.29 is 9.53 Å². The van der Waals surface area contributed by atoms with Crippen LogP contribution in [0.4, 0.5) is 0 Å². The van der Waals surface area contributed by atoms with Gasteiger partial charge >= 0.3 is 5.97 Å². The van der Waals surface area contributed by atoms with E-state index in [9.17, 15) is 9.59 Å². The second kappa shape index (κ2) is 6.28. The Bertz CT molecular complexity index is 827. The minimum atomic E-state index is -0.434. The summed E-state index contributed by atoms with van der Waals surface area (Å²) in [4.78, 5) is 30.0. The maximum atomic E-state index is 12.6. The number of esters is 1. The van der Waals surface area contributed by atoms with Crippen molar-refractivity contribution >= 4 is 27.5 Å². The third-order valence-corrected chi connectivity index (χ3v) is 4.38. The van der Waals surface area contributed by atoms with Crippen LogP contribution in [0.5, 0.6) is 0 Å². The number of aryl methyl sites for hydroxylation is 2. The number of hydrogen-bond acceptors (Lipinski definition) is 6. The molecule has 0 saturated heterocycles. The van der Waals surface area contributed by atoms with Crippen LogP contribution in [0.25, 0.3) is 10.2 Å². The summed E-state index contributed by atoms with van der Waals surface area (Å²) in [6.07, 6.45) is 0.0124. The Morgan fingerprint density at radius 1 is 1.45 bits per heavy atom. The highest BCUT2D eigenvalue weighted by atomic mass is 32.1. The van der Waals surface area contributed by atoms with E-state index in [0.29, 0.717) is 33.0 Å². The first-order valence-electron chi connectivity index (χ1n) is 6.95. The number of nitriles is 1. The summed E-state index contributed by atoms with van der Waals surface area (Å²) >= 11 is 1.17. The van der Waals surface area contributed by atoms with Crippen molar-refractivity contribution in [3.8, 4) is 6.07 Å². The van der Waals surface area contributed by atoms with Crippen LogP contribution in [0.3, 0.4) is 0 Å². The molecule has 0 N–H and O–H groups in total. The van der Waals surface area contributed by atoms with Crippen LogP contribution >= 0.6 is 11.3 Å². The second-order valence-electron chi connectivity index (χ2n) is 5.21. The fourth-order valence-corrected chi connectivity index (χ4v) is 3.31. The molecule has 2 aromatic heterocycles. The summed E-state index contributed by atoms with van der Waals surface area (Å²) in [7, 11) is 0. The van der Waals surface area contributed by atoms with Crippen LogP contribution in [0.2, 0.25) is 0 Å². The van der Waals surface area contributed by atoms with E-state index in [2.05, 4.69) is 4.98 Å². The minimum absolute atomic E-state index is 0.213. The molecule has 0 spiro atoms. The van der Waals surface area contributed by atoms with Gasteiger partial charge in [0.15, 0.2) is 0 Å². The van der Waals surface area contributed by atoms with E-state index in [-0.39, 0.29) is 18.1 Å². The van der Waals surface area contributed by atoms with Gasteiger partial charge in [-0.25, -0.2) is 9.78 Å². The number of aromatic nitrogens is 2. The zero-order valence-electron chi connectivity index (χ0n) is 13.0. The van der Waals surface area contributed by atoms with Gasteiger partial charge in [0, 0.05) is 6.54 Å². The van der Waals surface area contributed by atoms with Crippen LogP contribution in [-0.2, 0) is 11.3 Å². The lowest BCUT2D eigenvalue weighted by Crippen LogP contribution is -2.23. The van der Waals surface area contributed by atoms with Crippen LogP contribution in [-0.4, -0.2) is 21.6 Å². The van der Waals surface area contributed by atoms with Gasteiger partial charge in [-0.05, 0) is 33.3 Å². The van der Waals surface area contributed by atoms with Gasteiger partial charge < -0.3 is 4.74 Å². The molecule has 116 valence electrons. The molecule has 0 aliphatic rings. The molecule has 0 amide bonds. The second-order valence-corrected chi connectivity index (χ2v) is 6.21. The van der Waals surface area contributed by atoms with Crippen LogP contribution in [0.1, 0.15) is 41.3 Å². The zero-order chi connectivity index (χ0) is 16.4. The van der Waals surface area contributed by atoms with Crippen molar-refractivity contribution in [3.05, 3.63) is 26.6 Å². The van der Waals surface area contributed by atoms with Crippen molar-refractivity contribution in [1.29, 1.82) is 5.26 Å². The first-order valence-corrected chi connectivity index (χ1v) is 7.77. The van der Waals surface area contributed by atoms with Gasteiger partial charge in [-0.3, -0.25) is 9.36 Å². The van der Waals surface area contributed by atoms with Gasteiger partial charge in [-0.2, -0.15) is 5.26 Å². The number of ether oxygens (including phenoxy) is 1. The lowest BCUT2D eigenvalue weighted by atomic mass is 10.2. The lowest BCUT2D eigenvalue weighted by molar-refractivity contribution is 0.0383. The number of hydrogen-bond donors (Lipinski definition) is 0. The predicted octanol–water partition coefficient (Wildman–Crippen LogP) is 2.55. The number of carbonyl (C=O) groups is 1. The molecule has 0 aliphatic heterocycles. The number of carbonyl (C=O) groups excluding carboxylic acids is 1. The Hall–Kier alpha value is -2.20. The Morgan fingerprint density at radius 3 is 2.73 bits per heavy atom. The molecule has 2 aromatic rings. The molecule has 2 heterocycles. The van der Waals surface area contributed by atoms with Crippen molar-refractivity contribution in [2.75, 3.05) is 0 Å². The quantitative estimate of drug-likeness (QED) is 0.808. The van der Waals surface area contributed by atoms with E-state index < -0.39 is 5.97 Å². The van der Waals surface area contributed by atoms with Crippen molar-refractivity contribution in [2.45, 2.75) is 46.8 Å². The van der Waals surface area contributed by atoms with Crippen molar-refractivity contribution in [2.24, 2.45) is 0 Å². The van der Waals surface area contributed by atoms with Crippen molar-refractivity contribution in [1.82, 2.24) is 9.55 Å². The summed E-state index contributed by atoms with van der Waals surface area (Å²) in [6.45, 7) is 7.29. The molecule has 0 unspecified atom stereocenters. The average molecular weight is 319 g/mol. The monoisotopic (exact) mass is 319 g/mol. The fraction of sp³-hybridized carbons (Fsp3) is 0.467. The topological polar surface area (TPSA) is 85.0 Å². The molecule has 0 bridgehead atoms. The number of rotatable bonds is 4. The smallest absolute Gasteiger partial charge is 0.348 e. The molecule has 6 nitrogen and oxygen atoms in total. The SMILES string of the molecule is Cc1c(C(=O)OC(C)C)sc2nc(C)n(CCC#N)c(=O)c12. The summed E-state index contributed by atoms with van der Waals surface area (Å²) in [6, 6.07) is 2.02. The zero-order valence-corrected chi connectivity index (χ0v) is 13.8. The molecule has 0 aromatic carbocycles. The lowest BCUT2D eigenvalue weighted by Gasteiger charge is -2.07. The van der Waals surface area contributed by atoms with Gasteiger partial charge in [0.05, 0.1) is 24.0 Å². The first kappa shape index (κ1) is 16.2.